The van der Waals surface area contributed by atoms with Crippen molar-refractivity contribution in [3.05, 3.63) is 23.4 Å². The normalized spacial score (nSPS) is 25.6. The summed E-state index contributed by atoms with van der Waals surface area (Å²) in [6.45, 7) is 6.08. The van der Waals surface area contributed by atoms with Crippen LogP contribution in [-0.4, -0.2) is 33.7 Å². The molecule has 1 rings (SSSR count). The molecule has 0 radical (unpaired) electrons. The first-order chi connectivity index (χ1) is 9.38. The van der Waals surface area contributed by atoms with Crippen molar-refractivity contribution < 1.29 is 29.3 Å². The lowest BCUT2D eigenvalue weighted by Crippen LogP contribution is -2.46. The van der Waals surface area contributed by atoms with Gasteiger partial charge in [0.2, 0.25) is 0 Å². The van der Waals surface area contributed by atoms with Crippen LogP contribution in [0.25, 0.3) is 0 Å². The first kappa shape index (κ1) is 16.7. The quantitative estimate of drug-likeness (QED) is 0.660. The van der Waals surface area contributed by atoms with Crippen molar-refractivity contribution in [3.8, 4) is 0 Å². The molecule has 21 heavy (non-hydrogen) atoms. The summed E-state index contributed by atoms with van der Waals surface area (Å²) in [6.07, 6.45) is 2.25. The van der Waals surface area contributed by atoms with Crippen LogP contribution in [0, 0.1) is 11.3 Å². The minimum Gasteiger partial charge on any atom is -0.481 e. The molecule has 0 aromatic carbocycles. The Balaban J connectivity index is 3.39. The predicted octanol–water partition coefficient (Wildman–Crippen LogP) is 0.902. The van der Waals surface area contributed by atoms with E-state index >= 15 is 0 Å². The second-order valence-corrected chi connectivity index (χ2v) is 6.10. The molecule has 4 N–H and O–H groups in total. The highest BCUT2D eigenvalue weighted by atomic mass is 16.6. The SMILES string of the molecule is CC(C)(C)OC(=O)C1C(C(=O)O)=CC(N)=CC1(C)C(=O)O. The molecule has 7 nitrogen and oxygen atoms in total. The van der Waals surface area contributed by atoms with Gasteiger partial charge in [0.15, 0.2) is 0 Å². The number of ether oxygens (including phenoxy) is 1. The molecule has 0 bridgehead atoms. The Morgan fingerprint density at radius 3 is 2.19 bits per heavy atom. The van der Waals surface area contributed by atoms with E-state index in [1.165, 1.54) is 6.92 Å². The zero-order valence-electron chi connectivity index (χ0n) is 12.3. The number of hydrogen-bond donors (Lipinski definition) is 3. The third-order valence-corrected chi connectivity index (χ3v) is 3.05. The summed E-state index contributed by atoms with van der Waals surface area (Å²) >= 11 is 0. The first-order valence-electron chi connectivity index (χ1n) is 6.28. The highest BCUT2D eigenvalue weighted by molar-refractivity contribution is 5.99. The lowest BCUT2D eigenvalue weighted by Gasteiger charge is -2.35. The van der Waals surface area contributed by atoms with Gasteiger partial charge in [0.05, 0.1) is 5.57 Å². The highest BCUT2D eigenvalue weighted by Gasteiger charge is 2.51. The van der Waals surface area contributed by atoms with Crippen LogP contribution in [0.2, 0.25) is 0 Å². The maximum atomic E-state index is 12.3. The van der Waals surface area contributed by atoms with Crippen LogP contribution in [0.15, 0.2) is 23.4 Å². The molecule has 1 aliphatic rings. The van der Waals surface area contributed by atoms with Crippen LogP contribution in [0.4, 0.5) is 0 Å². The largest absolute Gasteiger partial charge is 0.481 e. The molecule has 2 unspecified atom stereocenters. The van der Waals surface area contributed by atoms with E-state index in [9.17, 15) is 24.6 Å². The molecule has 0 aromatic heterocycles. The molecule has 0 saturated carbocycles. The summed E-state index contributed by atoms with van der Waals surface area (Å²) in [6, 6.07) is 0. The molecule has 1 aliphatic carbocycles. The maximum absolute atomic E-state index is 12.3. The van der Waals surface area contributed by atoms with Gasteiger partial charge in [-0.05, 0) is 39.8 Å². The van der Waals surface area contributed by atoms with Crippen molar-refractivity contribution in [2.75, 3.05) is 0 Å². The smallest absolute Gasteiger partial charge is 0.332 e. The fourth-order valence-electron chi connectivity index (χ4n) is 2.16. The van der Waals surface area contributed by atoms with Crippen LogP contribution in [0.1, 0.15) is 27.7 Å². The van der Waals surface area contributed by atoms with Crippen molar-refractivity contribution in [2.45, 2.75) is 33.3 Å². The van der Waals surface area contributed by atoms with Crippen LogP contribution in [0.5, 0.6) is 0 Å². The van der Waals surface area contributed by atoms with Crippen molar-refractivity contribution in [2.24, 2.45) is 17.1 Å². The van der Waals surface area contributed by atoms with Gasteiger partial charge in [-0.2, -0.15) is 0 Å². The Bertz CT molecular complexity index is 554. The van der Waals surface area contributed by atoms with E-state index in [0.29, 0.717) is 0 Å². The molecule has 2 atom stereocenters. The predicted molar refractivity (Wildman–Crippen MR) is 73.1 cm³/mol. The molecule has 0 fully saturated rings. The Hall–Kier alpha value is -2.31. The van der Waals surface area contributed by atoms with Gasteiger partial charge in [-0.1, -0.05) is 0 Å². The summed E-state index contributed by atoms with van der Waals surface area (Å²) in [5, 5.41) is 18.6. The van der Waals surface area contributed by atoms with Gasteiger partial charge in [-0.3, -0.25) is 9.59 Å². The lowest BCUT2D eigenvalue weighted by atomic mass is 9.69. The van der Waals surface area contributed by atoms with E-state index in [2.05, 4.69) is 0 Å². The van der Waals surface area contributed by atoms with Crippen LogP contribution in [-0.2, 0) is 19.1 Å². The Labute approximate surface area is 122 Å². The van der Waals surface area contributed by atoms with Crippen molar-refractivity contribution in [1.29, 1.82) is 0 Å². The summed E-state index contributed by atoms with van der Waals surface area (Å²) in [5.41, 5.74) is 2.51. The van der Waals surface area contributed by atoms with Gasteiger partial charge in [0, 0.05) is 5.70 Å². The number of carbonyl (C=O) groups excluding carboxylic acids is 1. The second-order valence-electron chi connectivity index (χ2n) is 6.10. The number of esters is 1. The van der Waals surface area contributed by atoms with Gasteiger partial charge in [0.25, 0.3) is 0 Å². The van der Waals surface area contributed by atoms with Gasteiger partial charge in [0.1, 0.15) is 16.9 Å². The average Bonchev–Trinajstić information content (AvgIpc) is 2.24. The van der Waals surface area contributed by atoms with E-state index < -0.39 is 40.4 Å². The molecule has 0 aromatic rings. The molecule has 0 heterocycles. The number of carboxylic acids is 2. The zero-order chi connectivity index (χ0) is 16.6. The molecule has 0 spiro atoms. The number of aliphatic carboxylic acids is 2. The van der Waals surface area contributed by atoms with Crippen LogP contribution < -0.4 is 5.73 Å². The second kappa shape index (κ2) is 5.23. The minimum atomic E-state index is -1.78. The fourth-order valence-corrected chi connectivity index (χ4v) is 2.16. The monoisotopic (exact) mass is 297 g/mol. The number of hydrogen-bond acceptors (Lipinski definition) is 5. The van der Waals surface area contributed by atoms with Crippen LogP contribution >= 0.6 is 0 Å². The maximum Gasteiger partial charge on any atom is 0.332 e. The molecule has 0 aliphatic heterocycles. The minimum absolute atomic E-state index is 0.0166. The van der Waals surface area contributed by atoms with Gasteiger partial charge < -0.3 is 20.7 Å². The summed E-state index contributed by atoms with van der Waals surface area (Å²) < 4.78 is 5.16. The van der Waals surface area contributed by atoms with Gasteiger partial charge in [-0.25, -0.2) is 4.79 Å². The van der Waals surface area contributed by atoms with E-state index in [1.807, 2.05) is 0 Å². The Morgan fingerprint density at radius 2 is 1.81 bits per heavy atom. The van der Waals surface area contributed by atoms with Gasteiger partial charge >= 0.3 is 17.9 Å². The Kier molecular flexibility index (Phi) is 4.17. The van der Waals surface area contributed by atoms with E-state index in [4.69, 9.17) is 10.5 Å². The summed E-state index contributed by atoms with van der Waals surface area (Å²) in [4.78, 5) is 35.2. The van der Waals surface area contributed by atoms with E-state index in [-0.39, 0.29) is 5.70 Å². The molecule has 0 amide bonds. The van der Waals surface area contributed by atoms with Crippen molar-refractivity contribution >= 4 is 17.9 Å². The van der Waals surface area contributed by atoms with Gasteiger partial charge in [-0.15, -0.1) is 0 Å². The molecule has 0 saturated heterocycles. The Morgan fingerprint density at radius 1 is 1.29 bits per heavy atom. The average molecular weight is 297 g/mol. The summed E-state index contributed by atoms with van der Waals surface area (Å²) in [5.74, 6) is -5.15. The fraction of sp³-hybridized carbons (Fsp3) is 0.500. The molecule has 7 heteroatoms. The summed E-state index contributed by atoms with van der Waals surface area (Å²) in [7, 11) is 0. The number of carbonyl (C=O) groups is 3. The topological polar surface area (TPSA) is 127 Å². The molecular formula is C14H19NO6. The van der Waals surface area contributed by atoms with E-state index in [1.54, 1.807) is 20.8 Å². The number of carboxylic acid groups (broad SMARTS) is 2. The lowest BCUT2D eigenvalue weighted by molar-refractivity contribution is -0.169. The third kappa shape index (κ3) is 3.42. The first-order valence-corrected chi connectivity index (χ1v) is 6.28. The highest BCUT2D eigenvalue weighted by Crippen LogP contribution is 2.40. The van der Waals surface area contributed by atoms with Crippen molar-refractivity contribution in [1.82, 2.24) is 0 Å². The number of allylic oxidation sites excluding steroid dienone is 1. The van der Waals surface area contributed by atoms with E-state index in [0.717, 1.165) is 12.2 Å². The third-order valence-electron chi connectivity index (χ3n) is 3.05. The number of nitrogens with two attached hydrogens (primary N) is 1. The number of rotatable bonds is 3. The molecular weight excluding hydrogens is 278 g/mol. The molecule has 116 valence electrons. The van der Waals surface area contributed by atoms with Crippen LogP contribution in [0.3, 0.4) is 0 Å². The van der Waals surface area contributed by atoms with Crippen molar-refractivity contribution in [3.63, 3.8) is 0 Å². The standard InChI is InChI=1S/C14H19NO6/c1-13(2,3)21-11(18)9-8(10(16)17)5-7(15)6-14(9,4)12(19)20/h5-6,9H,15H2,1-4H3,(H,16,17)(H,19,20). The zero-order valence-corrected chi connectivity index (χ0v) is 12.3.